The zero-order valence-corrected chi connectivity index (χ0v) is 12.6. The van der Waals surface area contributed by atoms with Gasteiger partial charge in [0.1, 0.15) is 5.60 Å². The minimum absolute atomic E-state index is 0.0117. The molecule has 1 N–H and O–H groups in total. The van der Waals surface area contributed by atoms with Crippen molar-refractivity contribution >= 4 is 5.78 Å². The molecule has 0 radical (unpaired) electrons. The first-order valence-electron chi connectivity index (χ1n) is 6.55. The maximum absolute atomic E-state index is 11.0. The van der Waals surface area contributed by atoms with Gasteiger partial charge >= 0.3 is 0 Å². The molecule has 0 unspecified atom stereocenters. The van der Waals surface area contributed by atoms with E-state index in [1.54, 1.807) is 12.2 Å². The molecule has 1 aliphatic rings. The predicted octanol–water partition coefficient (Wildman–Crippen LogP) is 3.74. The van der Waals surface area contributed by atoms with Crippen LogP contribution in [0.25, 0.3) is 0 Å². The first kappa shape index (κ1) is 15.6. The van der Waals surface area contributed by atoms with E-state index in [4.69, 9.17) is 0 Å². The Morgan fingerprint density at radius 3 is 2.47 bits per heavy atom. The van der Waals surface area contributed by atoms with Crippen molar-refractivity contribution in [3.63, 3.8) is 0 Å². The van der Waals surface area contributed by atoms with E-state index in [1.807, 2.05) is 39.8 Å². The van der Waals surface area contributed by atoms with Gasteiger partial charge in [-0.2, -0.15) is 0 Å². The van der Waals surface area contributed by atoms with E-state index in [0.717, 1.165) is 23.1 Å². The molecule has 2 nitrogen and oxygen atoms in total. The zero-order valence-electron chi connectivity index (χ0n) is 12.6. The summed E-state index contributed by atoms with van der Waals surface area (Å²) in [6, 6.07) is 0. The Labute approximate surface area is 116 Å². The van der Waals surface area contributed by atoms with Crippen LogP contribution in [0.5, 0.6) is 0 Å². The van der Waals surface area contributed by atoms with Crippen LogP contribution in [-0.4, -0.2) is 16.5 Å². The Morgan fingerprint density at radius 2 is 2.00 bits per heavy atom. The van der Waals surface area contributed by atoms with E-state index in [9.17, 15) is 9.90 Å². The summed E-state index contributed by atoms with van der Waals surface area (Å²) in [6.07, 6.45) is 7.86. The molecule has 104 valence electrons. The van der Waals surface area contributed by atoms with Crippen molar-refractivity contribution in [2.24, 2.45) is 5.41 Å². The number of hydrogen-bond acceptors (Lipinski definition) is 2. The maximum atomic E-state index is 11.0. The van der Waals surface area contributed by atoms with Crippen LogP contribution in [0.2, 0.25) is 0 Å². The molecule has 0 saturated carbocycles. The van der Waals surface area contributed by atoms with Crippen LogP contribution in [0.3, 0.4) is 0 Å². The predicted molar refractivity (Wildman–Crippen MR) is 79.8 cm³/mol. The molecule has 1 atom stereocenters. The molecule has 0 aromatic rings. The van der Waals surface area contributed by atoms with Crippen LogP contribution in [0, 0.1) is 5.41 Å². The van der Waals surface area contributed by atoms with Crippen molar-refractivity contribution in [3.05, 3.63) is 47.6 Å². The minimum atomic E-state index is -1.000. The van der Waals surface area contributed by atoms with Crippen LogP contribution in [0.15, 0.2) is 47.6 Å². The lowest BCUT2D eigenvalue weighted by Gasteiger charge is -2.45. The third kappa shape index (κ3) is 3.32. The normalized spacial score (nSPS) is 27.6. The van der Waals surface area contributed by atoms with Crippen LogP contribution < -0.4 is 0 Å². The van der Waals surface area contributed by atoms with Gasteiger partial charge < -0.3 is 5.11 Å². The molecule has 0 heterocycles. The van der Waals surface area contributed by atoms with E-state index >= 15 is 0 Å². The lowest BCUT2D eigenvalue weighted by atomic mass is 9.64. The van der Waals surface area contributed by atoms with Gasteiger partial charge in [0.2, 0.25) is 0 Å². The molecule has 0 saturated heterocycles. The Kier molecular flexibility index (Phi) is 4.36. The molecule has 19 heavy (non-hydrogen) atoms. The Hall–Kier alpha value is -1.41. The standard InChI is InChI=1S/C17H24O2/c1-12(10-15(4)18)7-8-17(19)14(3)9-13(2)11-16(17,5)6/h7-10,19H,2,11H2,1,3-6H3/b8-7+,12-10-/t17-/m1/s1. The lowest BCUT2D eigenvalue weighted by Crippen LogP contribution is -2.46. The van der Waals surface area contributed by atoms with Crippen molar-refractivity contribution in [3.8, 4) is 0 Å². The van der Waals surface area contributed by atoms with Crippen molar-refractivity contribution in [1.82, 2.24) is 0 Å². The molecule has 0 aromatic heterocycles. The van der Waals surface area contributed by atoms with E-state index in [0.29, 0.717) is 0 Å². The molecule has 1 aliphatic carbocycles. The number of allylic oxidation sites excluding steroid dienone is 5. The molecule has 0 aliphatic heterocycles. The summed E-state index contributed by atoms with van der Waals surface area (Å²) in [5.74, 6) is 0.0117. The highest BCUT2D eigenvalue weighted by molar-refractivity contribution is 5.88. The van der Waals surface area contributed by atoms with Crippen LogP contribution in [-0.2, 0) is 4.79 Å². The summed E-state index contributed by atoms with van der Waals surface area (Å²) in [5.41, 5.74) is 1.46. The molecular weight excluding hydrogens is 236 g/mol. The van der Waals surface area contributed by atoms with Gasteiger partial charge in [0.15, 0.2) is 5.78 Å². The number of carbonyl (C=O) groups is 1. The topological polar surface area (TPSA) is 37.3 Å². The fourth-order valence-electron chi connectivity index (χ4n) is 2.68. The summed E-state index contributed by atoms with van der Waals surface area (Å²) >= 11 is 0. The smallest absolute Gasteiger partial charge is 0.152 e. The third-order valence-corrected chi connectivity index (χ3v) is 3.74. The van der Waals surface area contributed by atoms with Gasteiger partial charge in [-0.3, -0.25) is 4.79 Å². The number of aliphatic hydroxyl groups is 1. The van der Waals surface area contributed by atoms with Gasteiger partial charge in [-0.25, -0.2) is 0 Å². The zero-order chi connectivity index (χ0) is 14.8. The summed E-state index contributed by atoms with van der Waals surface area (Å²) < 4.78 is 0. The SMILES string of the molecule is C=C1C=C(C)[C@](O)(/C=C/C(C)=C\C(C)=O)C(C)(C)C1. The molecule has 2 heteroatoms. The molecule has 0 aromatic carbocycles. The quantitative estimate of drug-likeness (QED) is 0.620. The lowest BCUT2D eigenvalue weighted by molar-refractivity contribution is -0.112. The van der Waals surface area contributed by atoms with Crippen molar-refractivity contribution in [1.29, 1.82) is 0 Å². The van der Waals surface area contributed by atoms with Crippen molar-refractivity contribution < 1.29 is 9.90 Å². The molecule has 0 spiro atoms. The van der Waals surface area contributed by atoms with Gasteiger partial charge in [-0.1, -0.05) is 38.2 Å². The second kappa shape index (κ2) is 5.30. The number of carbonyl (C=O) groups excluding carboxylic acids is 1. The highest BCUT2D eigenvalue weighted by atomic mass is 16.3. The number of ketones is 1. The first-order chi connectivity index (χ1) is 8.58. The summed E-state index contributed by atoms with van der Waals surface area (Å²) in [6.45, 7) is 13.3. The van der Waals surface area contributed by atoms with Gasteiger partial charge in [-0.05, 0) is 50.5 Å². The Balaban J connectivity index is 3.15. The molecule has 0 fully saturated rings. The van der Waals surface area contributed by atoms with Gasteiger partial charge in [0.05, 0.1) is 0 Å². The highest BCUT2D eigenvalue weighted by Gasteiger charge is 2.45. The second-order valence-electron chi connectivity index (χ2n) is 6.14. The van der Waals surface area contributed by atoms with E-state index in [2.05, 4.69) is 6.58 Å². The highest BCUT2D eigenvalue weighted by Crippen LogP contribution is 2.46. The summed E-state index contributed by atoms with van der Waals surface area (Å²) in [7, 11) is 0. The van der Waals surface area contributed by atoms with Crippen molar-refractivity contribution in [2.45, 2.75) is 46.6 Å². The fourth-order valence-corrected chi connectivity index (χ4v) is 2.68. The Bertz CT molecular complexity index is 489. The van der Waals surface area contributed by atoms with Crippen molar-refractivity contribution in [2.75, 3.05) is 0 Å². The Morgan fingerprint density at radius 1 is 1.42 bits per heavy atom. The largest absolute Gasteiger partial charge is 0.381 e. The van der Waals surface area contributed by atoms with E-state index in [1.165, 1.54) is 6.92 Å². The molecular formula is C17H24O2. The van der Waals surface area contributed by atoms with E-state index in [-0.39, 0.29) is 11.2 Å². The number of rotatable bonds is 3. The van der Waals surface area contributed by atoms with Crippen LogP contribution in [0.1, 0.15) is 41.0 Å². The second-order valence-corrected chi connectivity index (χ2v) is 6.14. The first-order valence-corrected chi connectivity index (χ1v) is 6.55. The monoisotopic (exact) mass is 260 g/mol. The van der Waals surface area contributed by atoms with Crippen LogP contribution >= 0.6 is 0 Å². The van der Waals surface area contributed by atoms with Gasteiger partial charge in [-0.15, -0.1) is 0 Å². The number of hydrogen-bond donors (Lipinski definition) is 1. The minimum Gasteiger partial charge on any atom is -0.381 e. The fraction of sp³-hybridized carbons (Fsp3) is 0.471. The third-order valence-electron chi connectivity index (χ3n) is 3.74. The summed E-state index contributed by atoms with van der Waals surface area (Å²) in [5, 5.41) is 11.0. The van der Waals surface area contributed by atoms with Gasteiger partial charge in [0.25, 0.3) is 0 Å². The van der Waals surface area contributed by atoms with Gasteiger partial charge in [0, 0.05) is 5.41 Å². The molecule has 0 bridgehead atoms. The maximum Gasteiger partial charge on any atom is 0.152 e. The summed E-state index contributed by atoms with van der Waals surface area (Å²) in [4.78, 5) is 11.0. The molecule has 1 rings (SSSR count). The average Bonchev–Trinajstić information content (AvgIpc) is 2.21. The van der Waals surface area contributed by atoms with Crippen LogP contribution in [0.4, 0.5) is 0 Å². The van der Waals surface area contributed by atoms with E-state index < -0.39 is 5.60 Å². The average molecular weight is 260 g/mol. The molecule has 0 amide bonds.